The Morgan fingerprint density at radius 2 is 1.52 bits per heavy atom. The Labute approximate surface area is 149 Å². The van der Waals surface area contributed by atoms with Gasteiger partial charge in [-0.3, -0.25) is 4.79 Å². The molecule has 0 aliphatic carbocycles. The molecular formula is C20H25N3O2. The summed E-state index contributed by atoms with van der Waals surface area (Å²) in [6.07, 6.45) is 0.877. The number of amides is 3. The van der Waals surface area contributed by atoms with Gasteiger partial charge < -0.3 is 15.5 Å². The number of carbonyl (C=O) groups is 2. The van der Waals surface area contributed by atoms with Crippen molar-refractivity contribution in [3.63, 3.8) is 0 Å². The second-order valence-electron chi connectivity index (χ2n) is 6.06. The maximum Gasteiger partial charge on any atom is 0.322 e. The van der Waals surface area contributed by atoms with Crippen LogP contribution < -0.4 is 10.6 Å². The Bertz CT molecular complexity index is 699. The molecule has 0 aliphatic rings. The van der Waals surface area contributed by atoms with E-state index in [1.54, 1.807) is 24.3 Å². The molecule has 0 aliphatic heterocycles. The summed E-state index contributed by atoms with van der Waals surface area (Å²) in [6, 6.07) is 17.0. The molecule has 5 heteroatoms. The highest BCUT2D eigenvalue weighted by molar-refractivity contribution is 5.91. The lowest BCUT2D eigenvalue weighted by Crippen LogP contribution is -2.40. The van der Waals surface area contributed by atoms with E-state index in [0.29, 0.717) is 17.9 Å². The molecule has 2 rings (SSSR count). The van der Waals surface area contributed by atoms with Crippen molar-refractivity contribution in [3.05, 3.63) is 60.2 Å². The highest BCUT2D eigenvalue weighted by atomic mass is 16.2. The van der Waals surface area contributed by atoms with Gasteiger partial charge in [0.25, 0.3) is 0 Å². The molecule has 132 valence electrons. The van der Waals surface area contributed by atoms with E-state index >= 15 is 0 Å². The number of hydrogen-bond acceptors (Lipinski definition) is 2. The second kappa shape index (κ2) is 8.87. The van der Waals surface area contributed by atoms with Crippen LogP contribution in [0, 0.1) is 0 Å². The minimum Gasteiger partial charge on any atom is -0.326 e. The van der Waals surface area contributed by atoms with Gasteiger partial charge in [-0.15, -0.1) is 0 Å². The van der Waals surface area contributed by atoms with E-state index in [9.17, 15) is 9.59 Å². The third-order valence-electron chi connectivity index (χ3n) is 4.04. The van der Waals surface area contributed by atoms with Crippen LogP contribution in [0.1, 0.15) is 32.8 Å². The van der Waals surface area contributed by atoms with Crippen molar-refractivity contribution in [2.75, 3.05) is 10.6 Å². The minimum atomic E-state index is -0.134. The molecule has 2 N–H and O–H groups in total. The van der Waals surface area contributed by atoms with Crippen LogP contribution in [-0.2, 0) is 11.3 Å². The minimum absolute atomic E-state index is 0.123. The topological polar surface area (TPSA) is 61.4 Å². The Balaban J connectivity index is 2.07. The predicted molar refractivity (Wildman–Crippen MR) is 102 cm³/mol. The summed E-state index contributed by atoms with van der Waals surface area (Å²) in [4.78, 5) is 25.6. The lowest BCUT2D eigenvalue weighted by Gasteiger charge is -2.29. The van der Waals surface area contributed by atoms with Crippen molar-refractivity contribution in [2.24, 2.45) is 0 Å². The number of carbonyl (C=O) groups excluding carboxylic acids is 2. The first-order chi connectivity index (χ1) is 12.0. The first kappa shape index (κ1) is 18.5. The molecule has 2 aromatic rings. The molecular weight excluding hydrogens is 314 g/mol. The van der Waals surface area contributed by atoms with E-state index in [0.717, 1.165) is 12.0 Å². The molecule has 0 heterocycles. The predicted octanol–water partition coefficient (Wildman–Crippen LogP) is 4.48. The van der Waals surface area contributed by atoms with Crippen LogP contribution in [-0.4, -0.2) is 22.9 Å². The van der Waals surface area contributed by atoms with E-state index in [1.165, 1.54) is 6.92 Å². The van der Waals surface area contributed by atoms with Crippen LogP contribution in [0.25, 0.3) is 0 Å². The van der Waals surface area contributed by atoms with Gasteiger partial charge in [-0.05, 0) is 43.2 Å². The van der Waals surface area contributed by atoms with Crippen LogP contribution in [0.2, 0.25) is 0 Å². The summed E-state index contributed by atoms with van der Waals surface area (Å²) in [5, 5.41) is 5.64. The quantitative estimate of drug-likeness (QED) is 0.815. The van der Waals surface area contributed by atoms with Gasteiger partial charge in [-0.2, -0.15) is 0 Å². The molecule has 2 aromatic carbocycles. The number of urea groups is 1. The van der Waals surface area contributed by atoms with Crippen LogP contribution in [0.5, 0.6) is 0 Å². The first-order valence-corrected chi connectivity index (χ1v) is 8.48. The van der Waals surface area contributed by atoms with Crippen molar-refractivity contribution in [1.82, 2.24) is 4.90 Å². The van der Waals surface area contributed by atoms with Gasteiger partial charge in [0.15, 0.2) is 0 Å². The molecule has 0 bridgehead atoms. The van der Waals surface area contributed by atoms with Crippen LogP contribution >= 0.6 is 0 Å². The number of nitrogens with zero attached hydrogens (tertiary/aromatic N) is 1. The number of anilines is 2. The third kappa shape index (κ3) is 5.64. The highest BCUT2D eigenvalue weighted by Gasteiger charge is 2.19. The molecule has 0 saturated heterocycles. The molecule has 25 heavy (non-hydrogen) atoms. The van der Waals surface area contributed by atoms with Gasteiger partial charge in [0, 0.05) is 30.9 Å². The van der Waals surface area contributed by atoms with Gasteiger partial charge in [0.05, 0.1) is 0 Å². The molecule has 5 nitrogen and oxygen atoms in total. The largest absolute Gasteiger partial charge is 0.326 e. The Hall–Kier alpha value is -2.82. The molecule has 0 aromatic heterocycles. The van der Waals surface area contributed by atoms with Crippen LogP contribution in [0.15, 0.2) is 54.6 Å². The van der Waals surface area contributed by atoms with Crippen molar-refractivity contribution in [3.8, 4) is 0 Å². The van der Waals surface area contributed by atoms with E-state index in [4.69, 9.17) is 0 Å². The van der Waals surface area contributed by atoms with E-state index in [2.05, 4.69) is 17.6 Å². The van der Waals surface area contributed by atoms with Crippen LogP contribution in [0.4, 0.5) is 16.2 Å². The fourth-order valence-electron chi connectivity index (χ4n) is 2.46. The molecule has 0 saturated carbocycles. The van der Waals surface area contributed by atoms with Crippen molar-refractivity contribution in [1.29, 1.82) is 0 Å². The average molecular weight is 339 g/mol. The van der Waals surface area contributed by atoms with E-state index < -0.39 is 0 Å². The summed E-state index contributed by atoms with van der Waals surface area (Å²) in [6.45, 7) is 6.13. The molecule has 0 radical (unpaired) electrons. The summed E-state index contributed by atoms with van der Waals surface area (Å²) < 4.78 is 0. The molecule has 1 atom stereocenters. The maximum atomic E-state index is 12.7. The maximum absolute atomic E-state index is 12.7. The highest BCUT2D eigenvalue weighted by Crippen LogP contribution is 2.17. The zero-order chi connectivity index (χ0) is 18.2. The van der Waals surface area contributed by atoms with Crippen molar-refractivity contribution >= 4 is 23.3 Å². The smallest absolute Gasteiger partial charge is 0.322 e. The zero-order valence-electron chi connectivity index (χ0n) is 15.0. The molecule has 0 spiro atoms. The lowest BCUT2D eigenvalue weighted by atomic mass is 10.1. The van der Waals surface area contributed by atoms with Crippen molar-refractivity contribution in [2.45, 2.75) is 39.8 Å². The standard InChI is InChI=1S/C20H25N3O2/c1-4-15(2)23(14-17-8-6-5-7-9-17)20(25)22-19-12-10-18(11-13-19)21-16(3)24/h5-13,15H,4,14H2,1-3H3,(H,21,24)(H,22,25). The second-order valence-corrected chi connectivity index (χ2v) is 6.06. The number of rotatable bonds is 6. The summed E-state index contributed by atoms with van der Waals surface area (Å²) >= 11 is 0. The summed E-state index contributed by atoms with van der Waals surface area (Å²) in [5.74, 6) is -0.123. The van der Waals surface area contributed by atoms with Gasteiger partial charge in [-0.25, -0.2) is 4.79 Å². The summed E-state index contributed by atoms with van der Waals surface area (Å²) in [5.41, 5.74) is 2.49. The van der Waals surface area contributed by atoms with Gasteiger partial charge in [0.1, 0.15) is 0 Å². The first-order valence-electron chi connectivity index (χ1n) is 8.48. The average Bonchev–Trinajstić information content (AvgIpc) is 2.61. The number of benzene rings is 2. The fraction of sp³-hybridized carbons (Fsp3) is 0.300. The molecule has 3 amide bonds. The van der Waals surface area contributed by atoms with E-state index in [-0.39, 0.29) is 18.0 Å². The Morgan fingerprint density at radius 1 is 0.960 bits per heavy atom. The lowest BCUT2D eigenvalue weighted by molar-refractivity contribution is -0.114. The van der Waals surface area contributed by atoms with Crippen molar-refractivity contribution < 1.29 is 9.59 Å². The molecule has 0 fully saturated rings. The van der Waals surface area contributed by atoms with Crippen LogP contribution in [0.3, 0.4) is 0 Å². The number of nitrogens with one attached hydrogen (secondary N) is 2. The zero-order valence-corrected chi connectivity index (χ0v) is 15.0. The summed E-state index contributed by atoms with van der Waals surface area (Å²) in [7, 11) is 0. The Morgan fingerprint density at radius 3 is 2.04 bits per heavy atom. The van der Waals surface area contributed by atoms with Gasteiger partial charge >= 0.3 is 6.03 Å². The van der Waals surface area contributed by atoms with Gasteiger partial charge in [-0.1, -0.05) is 37.3 Å². The SMILES string of the molecule is CCC(C)N(Cc1ccccc1)C(=O)Nc1ccc(NC(C)=O)cc1. The van der Waals surface area contributed by atoms with E-state index in [1.807, 2.05) is 42.2 Å². The fourth-order valence-corrected chi connectivity index (χ4v) is 2.46. The monoisotopic (exact) mass is 339 g/mol. The normalized spacial score (nSPS) is 11.5. The molecule has 1 unspecified atom stereocenters. The third-order valence-corrected chi connectivity index (χ3v) is 4.04. The van der Waals surface area contributed by atoms with Gasteiger partial charge in [0.2, 0.25) is 5.91 Å². The Kier molecular flexibility index (Phi) is 6.57. The number of hydrogen-bond donors (Lipinski definition) is 2.